The maximum Gasteiger partial charge on any atom is 0.217 e. The van der Waals surface area contributed by atoms with Gasteiger partial charge >= 0.3 is 0 Å². The molecule has 34 N–H and O–H groups in total. The molecule has 136 heavy (non-hydrogen) atoms. The summed E-state index contributed by atoms with van der Waals surface area (Å²) in [6.07, 6.45) is -109. The van der Waals surface area contributed by atoms with Crippen molar-refractivity contribution < 1.29 is 272 Å². The number of ether oxygens (including phenoxy) is 21. The van der Waals surface area contributed by atoms with E-state index in [0.717, 1.165) is 34.6 Å². The molecule has 11 aliphatic rings. The molecule has 60 nitrogen and oxygen atoms in total. The molecule has 55 atom stereocenters. The molecule has 60 heteroatoms. The highest BCUT2D eigenvalue weighted by Crippen LogP contribution is 2.43. The lowest BCUT2D eigenvalue weighted by molar-refractivity contribution is -0.411. The molecule has 0 aromatic heterocycles. The van der Waals surface area contributed by atoms with E-state index in [9.17, 15) is 172 Å². The van der Waals surface area contributed by atoms with Crippen LogP contribution in [-0.2, 0) is 123 Å². The standard InChI is InChI=1S/C76H127N5O55/c1-17-38(96)48(106)52(110)71(117-17)133-62-37(81-22(6)95)70(126-31(15-90)61(62)132-74-55(113)51(109)41(99)25(9-84)121-74)135-64-42(100)26(10-85)122-76(65(64)136-69-36(80-21(5)94)47(105)59(29(13-88)125-69)130-73-54(112)50(108)40(98)24(8-83)120-73)134-63-43(101)32(16-116-67-34(78-19(3)92)45(103)58(28(12-87)123-67)129-72-53(111)49(107)39(97)23(7-82)119-72)127-75(56(63)114)131-60-30(14-89)124-68(35(46(60)104)79-20(4)93)128-57-27(11-86)118-66(115)33(44(57)102)77-18(2)91/h17,23-76,82-90,96-115H,7-16H2,1-6H3,(H,77,91)(H,78,92)(H,79,93)(H,80,94)(H,81,95)/t17-,23+,24+,25+,26+,27+,28+,29+,30+,31+,32+,33+,34+,35+,36+,37+,38+,39-,40-,41-,42+,43+,44+,45+,46+,47+,48+,49-,50-,51-,52-,53+,54+,55+,56-,57+,58+,59+,60+,61+,62+,63-,64-,65-,66?,67+,68-,69-,70-,71-,72-,73-,74-,75-,76-/m0/s1. The lowest BCUT2D eigenvalue weighted by Crippen LogP contribution is -2.72. The van der Waals surface area contributed by atoms with Gasteiger partial charge in [-0.2, -0.15) is 0 Å². The van der Waals surface area contributed by atoms with Crippen LogP contribution in [0.3, 0.4) is 0 Å². The Hall–Kier alpha value is -4.65. The minimum Gasteiger partial charge on any atom is -0.394 e. The summed E-state index contributed by atoms with van der Waals surface area (Å²) in [5, 5.41) is 340. The second-order valence-electron chi connectivity index (χ2n) is 34.5. The van der Waals surface area contributed by atoms with Crippen molar-refractivity contribution in [2.24, 2.45) is 0 Å². The van der Waals surface area contributed by atoms with Gasteiger partial charge in [0.2, 0.25) is 29.5 Å². The zero-order valence-electron chi connectivity index (χ0n) is 73.4. The molecule has 0 aliphatic carbocycles. The molecule has 0 aromatic rings. The van der Waals surface area contributed by atoms with Gasteiger partial charge in [0.05, 0.1) is 72.2 Å². The summed E-state index contributed by atoms with van der Waals surface area (Å²) in [7, 11) is 0. The number of amides is 5. The van der Waals surface area contributed by atoms with Gasteiger partial charge < -0.3 is 274 Å². The van der Waals surface area contributed by atoms with Crippen molar-refractivity contribution in [1.29, 1.82) is 0 Å². The third kappa shape index (κ3) is 24.6. The van der Waals surface area contributed by atoms with Gasteiger partial charge in [-0.1, -0.05) is 0 Å². The number of nitrogens with one attached hydrogen (secondary N) is 5. The van der Waals surface area contributed by atoms with Crippen molar-refractivity contribution in [1.82, 2.24) is 26.6 Å². The zero-order valence-corrected chi connectivity index (χ0v) is 73.4. The number of carbonyl (C=O) groups is 5. The fraction of sp³-hybridized carbons (Fsp3) is 0.934. The number of aliphatic hydroxyl groups excluding tert-OH is 29. The van der Waals surface area contributed by atoms with E-state index in [1.54, 1.807) is 0 Å². The van der Waals surface area contributed by atoms with Gasteiger partial charge in [0.15, 0.2) is 69.2 Å². The average molecular weight is 1990 g/mol. The highest BCUT2D eigenvalue weighted by Gasteiger charge is 2.64. The minimum absolute atomic E-state index is 0.827. The van der Waals surface area contributed by atoms with Gasteiger partial charge in [0.1, 0.15) is 262 Å². The highest BCUT2D eigenvalue weighted by atomic mass is 16.8. The van der Waals surface area contributed by atoms with Crippen molar-refractivity contribution >= 4 is 29.5 Å². The first-order valence-electron chi connectivity index (χ1n) is 43.5. The molecule has 11 fully saturated rings. The van der Waals surface area contributed by atoms with Crippen LogP contribution in [0.5, 0.6) is 0 Å². The number of carbonyl (C=O) groups excluding carboxylic acids is 5. The van der Waals surface area contributed by atoms with E-state index in [1.807, 2.05) is 0 Å². The first kappa shape index (κ1) is 112. The molecule has 11 rings (SSSR count). The van der Waals surface area contributed by atoms with Crippen LogP contribution in [-0.4, -0.2) is 581 Å². The molecule has 0 aromatic carbocycles. The Bertz CT molecular complexity index is 3760. The molecule has 0 radical (unpaired) electrons. The number of hydrogen-bond acceptors (Lipinski definition) is 55. The van der Waals surface area contributed by atoms with E-state index in [0.29, 0.717) is 0 Å². The third-order valence-electron chi connectivity index (χ3n) is 24.9. The third-order valence-corrected chi connectivity index (χ3v) is 24.9. The van der Waals surface area contributed by atoms with Crippen LogP contribution in [0.1, 0.15) is 41.5 Å². The molecule has 0 saturated carbocycles. The highest BCUT2D eigenvalue weighted by molar-refractivity contribution is 5.75. The molecular formula is C76H127N5O55. The average Bonchev–Trinajstić information content (AvgIpc) is 0.751. The van der Waals surface area contributed by atoms with Gasteiger partial charge in [-0.15, -0.1) is 0 Å². The Kier molecular flexibility index (Phi) is 40.1. The van der Waals surface area contributed by atoms with Crippen molar-refractivity contribution in [3.05, 3.63) is 0 Å². The van der Waals surface area contributed by atoms with Crippen molar-refractivity contribution in [3.63, 3.8) is 0 Å². The molecule has 0 bridgehead atoms. The number of aliphatic hydroxyl groups is 29. The molecule has 11 saturated heterocycles. The smallest absolute Gasteiger partial charge is 0.217 e. The molecule has 786 valence electrons. The van der Waals surface area contributed by atoms with Crippen LogP contribution in [0.15, 0.2) is 0 Å². The molecule has 0 spiro atoms. The predicted octanol–water partition coefficient (Wildman–Crippen LogP) is -23.2. The van der Waals surface area contributed by atoms with E-state index in [4.69, 9.17) is 99.5 Å². The van der Waals surface area contributed by atoms with E-state index in [1.165, 1.54) is 6.92 Å². The predicted molar refractivity (Wildman–Crippen MR) is 419 cm³/mol. The molecular weight excluding hydrogens is 1860 g/mol. The van der Waals surface area contributed by atoms with Crippen LogP contribution >= 0.6 is 0 Å². The van der Waals surface area contributed by atoms with Crippen LogP contribution < -0.4 is 26.6 Å². The lowest BCUT2D eigenvalue weighted by atomic mass is 9.93. The Morgan fingerprint density at radius 1 is 0.206 bits per heavy atom. The lowest BCUT2D eigenvalue weighted by Gasteiger charge is -2.53. The quantitative estimate of drug-likeness (QED) is 0.0280. The Morgan fingerprint density at radius 2 is 0.456 bits per heavy atom. The van der Waals surface area contributed by atoms with Gasteiger partial charge in [-0.25, -0.2) is 0 Å². The van der Waals surface area contributed by atoms with Crippen LogP contribution in [0.4, 0.5) is 0 Å². The first-order valence-corrected chi connectivity index (χ1v) is 43.5. The number of rotatable bonds is 35. The van der Waals surface area contributed by atoms with Crippen LogP contribution in [0.2, 0.25) is 0 Å². The van der Waals surface area contributed by atoms with Crippen LogP contribution in [0.25, 0.3) is 0 Å². The van der Waals surface area contributed by atoms with E-state index >= 15 is 0 Å². The monoisotopic (exact) mass is 1990 g/mol. The summed E-state index contributed by atoms with van der Waals surface area (Å²) in [5.74, 6) is -5.01. The zero-order chi connectivity index (χ0) is 100. The first-order chi connectivity index (χ1) is 64.3. The van der Waals surface area contributed by atoms with Crippen molar-refractivity contribution in [2.75, 3.05) is 66.1 Å². The van der Waals surface area contributed by atoms with Crippen molar-refractivity contribution in [3.8, 4) is 0 Å². The van der Waals surface area contributed by atoms with Crippen LogP contribution in [0, 0.1) is 0 Å². The maximum absolute atomic E-state index is 13.9. The fourth-order valence-corrected chi connectivity index (χ4v) is 17.8. The second-order valence-corrected chi connectivity index (χ2v) is 34.5. The normalized spacial score (nSPS) is 49.2. The summed E-state index contributed by atoms with van der Waals surface area (Å²) < 4.78 is 128. The summed E-state index contributed by atoms with van der Waals surface area (Å²) in [5.41, 5.74) is 0. The summed E-state index contributed by atoms with van der Waals surface area (Å²) >= 11 is 0. The van der Waals surface area contributed by atoms with E-state index in [-0.39, 0.29) is 0 Å². The van der Waals surface area contributed by atoms with Crippen molar-refractivity contribution in [2.45, 2.75) is 379 Å². The molecule has 11 heterocycles. The van der Waals surface area contributed by atoms with E-state index < -0.39 is 433 Å². The SMILES string of the molecule is CC(=O)N[C@H]1[C@H](O[C@H]2[C@H](O)[C@@H](NC(C)=O)C(O)O[C@@H]2CO)O[C@H](CO)[C@@H](O[C@@H]2O[C@H](CO[C@@H]3O[C@H](CO)[C@@H](O[C@@H]4O[C@H](CO)[C@H](O)[C@H](O)[C@H]4O)[C@H](O)[C@H]3NC(C)=O)[C@@H](O)[C@H](O[C@@H]3O[C@H](CO)[C@@H](O)[C@H](O[C@@H]4O[C@H](CO)[C@@H](O[C@@H]5O[C@H](CO)[C@H](O)[C@H](O)[C@H]5O)[C@H](O[C@@H]5O[C@@H](C)[C@@H](O)[C@@H](O)[C@@H]5O)[C@H]4NC(C)=O)[C@@H]3O[C@@H]3O[C@H](CO)[C@@H](O[C@@H]4O[C@H](CO)[C@H](O)[C@H](O)[C@H]4O)[C@H](O)[C@H]3NC(C)=O)[C@@H]2O)[C@@H]1O. The fourth-order valence-electron chi connectivity index (χ4n) is 17.8. The maximum atomic E-state index is 13.9. The Balaban J connectivity index is 1.03. The topological polar surface area (TPSA) is 926 Å². The summed E-state index contributed by atoms with van der Waals surface area (Å²) in [6, 6.07) is -10.1. The summed E-state index contributed by atoms with van der Waals surface area (Å²) in [4.78, 5) is 66.2. The van der Waals surface area contributed by atoms with Gasteiger partial charge in [-0.05, 0) is 6.92 Å². The molecule has 5 amide bonds. The van der Waals surface area contributed by atoms with Gasteiger partial charge in [0.25, 0.3) is 0 Å². The second kappa shape index (κ2) is 48.8. The minimum atomic E-state index is -2.77. The Labute approximate surface area is 770 Å². The largest absolute Gasteiger partial charge is 0.394 e. The molecule has 1 unspecified atom stereocenters. The molecule has 11 aliphatic heterocycles. The van der Waals surface area contributed by atoms with E-state index in [2.05, 4.69) is 26.6 Å². The summed E-state index contributed by atoms with van der Waals surface area (Å²) in [6.45, 7) is -6.21. The van der Waals surface area contributed by atoms with Gasteiger partial charge in [0, 0.05) is 34.6 Å². The number of hydrogen-bond donors (Lipinski definition) is 34. The Morgan fingerprint density at radius 3 is 0.853 bits per heavy atom. The van der Waals surface area contributed by atoms with Gasteiger partial charge in [-0.3, -0.25) is 24.0 Å².